The second kappa shape index (κ2) is 3.48. The van der Waals surface area contributed by atoms with Gasteiger partial charge in [0.2, 0.25) is 0 Å². The van der Waals surface area contributed by atoms with Crippen molar-refractivity contribution in [1.29, 1.82) is 0 Å². The highest BCUT2D eigenvalue weighted by Crippen LogP contribution is 2.19. The smallest absolute Gasteiger partial charge is 0.336 e. The molecular formula is C6H3BrINO2. The Hall–Kier alpha value is -0.170. The number of halogens is 2. The number of carbonyl (C=O) groups is 1. The molecule has 0 radical (unpaired) electrons. The molecule has 0 fully saturated rings. The first kappa shape index (κ1) is 8.92. The van der Waals surface area contributed by atoms with Crippen LogP contribution in [0.1, 0.15) is 10.4 Å². The number of aromatic carboxylic acids is 1. The van der Waals surface area contributed by atoms with Crippen LogP contribution in [0.25, 0.3) is 0 Å². The number of carboxylic acids is 1. The molecule has 0 aromatic carbocycles. The Labute approximate surface area is 85.1 Å². The van der Waals surface area contributed by atoms with Gasteiger partial charge >= 0.3 is 5.97 Å². The minimum atomic E-state index is -0.933. The lowest BCUT2D eigenvalue weighted by Crippen LogP contribution is -2.00. The molecule has 0 amide bonds. The van der Waals surface area contributed by atoms with Gasteiger partial charge in [0.05, 0.1) is 9.13 Å². The van der Waals surface area contributed by atoms with Crippen molar-refractivity contribution in [3.63, 3.8) is 0 Å². The van der Waals surface area contributed by atoms with E-state index in [2.05, 4.69) is 20.9 Å². The van der Waals surface area contributed by atoms with Crippen molar-refractivity contribution in [2.45, 2.75) is 0 Å². The van der Waals surface area contributed by atoms with E-state index < -0.39 is 5.97 Å². The lowest BCUT2D eigenvalue weighted by Gasteiger charge is -1.98. The Kier molecular flexibility index (Phi) is 2.83. The number of nitrogens with zero attached hydrogens (tertiary/aromatic N) is 1. The third-order valence-electron chi connectivity index (χ3n) is 1.08. The Morgan fingerprint density at radius 2 is 2.36 bits per heavy atom. The number of rotatable bonds is 1. The van der Waals surface area contributed by atoms with Crippen LogP contribution in [-0.2, 0) is 0 Å². The lowest BCUT2D eigenvalue weighted by atomic mass is 10.3. The summed E-state index contributed by atoms with van der Waals surface area (Å²) in [5.41, 5.74) is 0.271. The predicted molar refractivity (Wildman–Crippen MR) is 51.6 cm³/mol. The largest absolute Gasteiger partial charge is 0.478 e. The van der Waals surface area contributed by atoms with Crippen molar-refractivity contribution >= 4 is 44.5 Å². The summed E-state index contributed by atoms with van der Waals surface area (Å²) >= 11 is 5.06. The number of aromatic nitrogens is 1. The number of carboxylic acid groups (broad SMARTS) is 1. The zero-order valence-corrected chi connectivity index (χ0v) is 8.96. The highest BCUT2D eigenvalue weighted by Gasteiger charge is 2.09. The van der Waals surface area contributed by atoms with Crippen LogP contribution in [0.4, 0.5) is 0 Å². The molecule has 5 heteroatoms. The summed E-state index contributed by atoms with van der Waals surface area (Å²) in [6.07, 6.45) is 1.45. The average molecular weight is 328 g/mol. The first-order valence-electron chi connectivity index (χ1n) is 2.66. The van der Waals surface area contributed by atoms with Gasteiger partial charge in [-0.05, 0) is 44.6 Å². The second-order valence-electron chi connectivity index (χ2n) is 1.77. The first-order valence-corrected chi connectivity index (χ1v) is 4.53. The second-order valence-corrected chi connectivity index (χ2v) is 3.60. The summed E-state index contributed by atoms with van der Waals surface area (Å²) in [5.74, 6) is -0.933. The molecule has 1 rings (SSSR count). The van der Waals surface area contributed by atoms with Gasteiger partial charge in [-0.2, -0.15) is 0 Å². The Balaban J connectivity index is 3.27. The number of hydrogen-bond donors (Lipinski definition) is 1. The number of hydrogen-bond acceptors (Lipinski definition) is 2. The summed E-state index contributed by atoms with van der Waals surface area (Å²) in [6.45, 7) is 0. The fraction of sp³-hybridized carbons (Fsp3) is 0. The van der Waals surface area contributed by atoms with Gasteiger partial charge in [-0.25, -0.2) is 9.78 Å². The van der Waals surface area contributed by atoms with Crippen molar-refractivity contribution < 1.29 is 9.90 Å². The highest BCUT2D eigenvalue weighted by molar-refractivity contribution is 14.1. The van der Waals surface area contributed by atoms with Crippen LogP contribution in [0.3, 0.4) is 0 Å². The van der Waals surface area contributed by atoms with Crippen LogP contribution < -0.4 is 0 Å². The molecule has 0 saturated heterocycles. The van der Waals surface area contributed by atoms with Gasteiger partial charge in [0, 0.05) is 6.20 Å². The molecule has 0 saturated carbocycles. The van der Waals surface area contributed by atoms with Gasteiger partial charge in [0.25, 0.3) is 0 Å². The third kappa shape index (κ3) is 1.90. The third-order valence-corrected chi connectivity index (χ3v) is 3.51. The number of pyridine rings is 1. The van der Waals surface area contributed by atoms with Crippen LogP contribution in [0, 0.1) is 3.57 Å². The molecule has 0 atom stereocenters. The molecule has 0 bridgehead atoms. The van der Waals surface area contributed by atoms with Crippen LogP contribution in [0.2, 0.25) is 0 Å². The molecule has 58 valence electrons. The Morgan fingerprint density at radius 1 is 1.73 bits per heavy atom. The summed E-state index contributed by atoms with van der Waals surface area (Å²) in [5, 5.41) is 8.64. The molecule has 1 aromatic rings. The molecular weight excluding hydrogens is 325 g/mol. The van der Waals surface area contributed by atoms with E-state index >= 15 is 0 Å². The molecule has 3 nitrogen and oxygen atoms in total. The quantitative estimate of drug-likeness (QED) is 0.635. The standard InChI is InChI=1S/C6H3BrINO2/c7-5-4(8)3(6(10)11)1-2-9-5/h1-2H,(H,10,11). The molecule has 1 N–H and O–H groups in total. The Bertz CT molecular complexity index is 303. The van der Waals surface area contributed by atoms with Crippen molar-refractivity contribution in [3.05, 3.63) is 26.0 Å². The van der Waals surface area contributed by atoms with E-state index in [9.17, 15) is 4.79 Å². The fourth-order valence-electron chi connectivity index (χ4n) is 0.583. The summed E-state index contributed by atoms with van der Waals surface area (Å²) in [7, 11) is 0. The maximum Gasteiger partial charge on any atom is 0.336 e. The zero-order chi connectivity index (χ0) is 8.43. The molecule has 11 heavy (non-hydrogen) atoms. The van der Waals surface area contributed by atoms with Gasteiger partial charge in [-0.15, -0.1) is 0 Å². The van der Waals surface area contributed by atoms with Gasteiger partial charge in [-0.3, -0.25) is 0 Å². The normalized spacial score (nSPS) is 9.64. The van der Waals surface area contributed by atoms with E-state index in [1.165, 1.54) is 12.3 Å². The summed E-state index contributed by atoms with van der Waals surface area (Å²) in [4.78, 5) is 14.4. The van der Waals surface area contributed by atoms with Crippen molar-refractivity contribution in [1.82, 2.24) is 4.98 Å². The molecule has 0 aliphatic heterocycles. The fourth-order valence-corrected chi connectivity index (χ4v) is 1.46. The van der Waals surface area contributed by atoms with Gasteiger partial charge in [-0.1, -0.05) is 0 Å². The predicted octanol–water partition coefficient (Wildman–Crippen LogP) is 2.15. The van der Waals surface area contributed by atoms with Gasteiger partial charge in [0.1, 0.15) is 4.60 Å². The summed E-state index contributed by atoms with van der Waals surface area (Å²) in [6, 6.07) is 1.47. The molecule has 1 heterocycles. The maximum absolute atomic E-state index is 10.5. The molecule has 0 unspecified atom stereocenters. The minimum Gasteiger partial charge on any atom is -0.478 e. The van der Waals surface area contributed by atoms with Crippen LogP contribution in [-0.4, -0.2) is 16.1 Å². The molecule has 0 spiro atoms. The van der Waals surface area contributed by atoms with Crippen molar-refractivity contribution in [2.24, 2.45) is 0 Å². The first-order chi connectivity index (χ1) is 5.13. The SMILES string of the molecule is O=C(O)c1ccnc(Br)c1I. The van der Waals surface area contributed by atoms with E-state index in [1.807, 2.05) is 22.6 Å². The van der Waals surface area contributed by atoms with Crippen molar-refractivity contribution in [3.8, 4) is 0 Å². The highest BCUT2D eigenvalue weighted by atomic mass is 127. The van der Waals surface area contributed by atoms with Gasteiger partial charge in [0.15, 0.2) is 0 Å². The molecule has 0 aliphatic rings. The van der Waals surface area contributed by atoms with E-state index in [4.69, 9.17) is 5.11 Å². The van der Waals surface area contributed by atoms with Crippen LogP contribution in [0.5, 0.6) is 0 Å². The van der Waals surface area contributed by atoms with E-state index in [1.54, 1.807) is 0 Å². The molecule has 0 aliphatic carbocycles. The topological polar surface area (TPSA) is 50.2 Å². The monoisotopic (exact) mass is 327 g/mol. The zero-order valence-electron chi connectivity index (χ0n) is 5.21. The van der Waals surface area contributed by atoms with Crippen LogP contribution >= 0.6 is 38.5 Å². The maximum atomic E-state index is 10.5. The molecule has 1 aromatic heterocycles. The average Bonchev–Trinajstić information content (AvgIpc) is 1.94. The summed E-state index contributed by atoms with van der Waals surface area (Å²) < 4.78 is 1.19. The Morgan fingerprint density at radius 3 is 2.82 bits per heavy atom. The van der Waals surface area contributed by atoms with Crippen LogP contribution in [0.15, 0.2) is 16.9 Å². The minimum absolute atomic E-state index is 0.271. The van der Waals surface area contributed by atoms with E-state index in [-0.39, 0.29) is 5.56 Å². The van der Waals surface area contributed by atoms with E-state index in [0.717, 1.165) is 0 Å². The lowest BCUT2D eigenvalue weighted by molar-refractivity contribution is 0.0695. The van der Waals surface area contributed by atoms with Gasteiger partial charge < -0.3 is 5.11 Å². The van der Waals surface area contributed by atoms with Crippen molar-refractivity contribution in [2.75, 3.05) is 0 Å². The van der Waals surface area contributed by atoms with E-state index in [0.29, 0.717) is 8.17 Å².